The maximum absolute atomic E-state index is 13.9. The minimum atomic E-state index is -5.94. The fourth-order valence-electron chi connectivity index (χ4n) is 3.76. The number of pyridine rings is 1. The van der Waals surface area contributed by atoms with Crippen LogP contribution in [-0.2, 0) is 32.3 Å². The molecule has 2 amide bonds. The third kappa shape index (κ3) is 5.71. The van der Waals surface area contributed by atoms with E-state index < -0.39 is 67.3 Å². The number of nitrogens with zero attached hydrogens (tertiary/aromatic N) is 6. The van der Waals surface area contributed by atoms with E-state index in [0.717, 1.165) is 16.8 Å². The number of fused-ring (bicyclic) bond motifs is 1. The quantitative estimate of drug-likeness (QED) is 0.371. The molecule has 0 spiro atoms. The van der Waals surface area contributed by atoms with E-state index in [2.05, 4.69) is 20.2 Å². The predicted molar refractivity (Wildman–Crippen MR) is 134 cm³/mol. The van der Waals surface area contributed by atoms with Gasteiger partial charge in [-0.3, -0.25) is 4.79 Å². The van der Waals surface area contributed by atoms with Crippen LogP contribution >= 0.6 is 0 Å². The van der Waals surface area contributed by atoms with E-state index >= 15 is 0 Å². The Kier molecular flexibility index (Phi) is 7.33. The summed E-state index contributed by atoms with van der Waals surface area (Å²) >= 11 is 0. The summed E-state index contributed by atoms with van der Waals surface area (Å²) in [7, 11) is -2.83. The third-order valence-corrected chi connectivity index (χ3v) is 7.78. The van der Waals surface area contributed by atoms with Crippen molar-refractivity contribution in [1.82, 2.24) is 24.7 Å². The number of carbonyl (C=O) groups excluding carboxylic acids is 2. The molecule has 0 aliphatic heterocycles. The summed E-state index contributed by atoms with van der Waals surface area (Å²) in [6, 6.07) is 1.44. The van der Waals surface area contributed by atoms with E-state index in [-0.39, 0.29) is 22.9 Å². The van der Waals surface area contributed by atoms with Crippen molar-refractivity contribution in [1.29, 1.82) is 0 Å². The number of hydrogen-bond donors (Lipinski definition) is 0. The van der Waals surface area contributed by atoms with Crippen LogP contribution in [0, 0.1) is 5.92 Å². The first-order valence-corrected chi connectivity index (χ1v) is 13.9. The van der Waals surface area contributed by atoms with Crippen LogP contribution in [0.3, 0.4) is 0 Å². The van der Waals surface area contributed by atoms with Gasteiger partial charge < -0.3 is 9.30 Å². The SMILES string of the molecule is CCS(=O)(=O)c1cc(N(C(=O)OC(C)(C)C)C(=O)C2CC2)cnc1-c1nc2cc(C(F)(F)C(F)(F)F)nnc2n1C. The summed E-state index contributed by atoms with van der Waals surface area (Å²) < 4.78 is 99.2. The molecule has 0 atom stereocenters. The van der Waals surface area contributed by atoms with Gasteiger partial charge in [-0.25, -0.2) is 28.1 Å². The fraction of sp³-hybridized carbons (Fsp3) is 0.500. The predicted octanol–water partition coefficient (Wildman–Crippen LogP) is 4.55. The number of rotatable bonds is 6. The van der Waals surface area contributed by atoms with E-state index in [1.54, 1.807) is 20.8 Å². The van der Waals surface area contributed by atoms with Crippen molar-refractivity contribution in [2.24, 2.45) is 13.0 Å². The fourth-order valence-corrected chi connectivity index (χ4v) is 4.81. The molecule has 1 saturated carbocycles. The van der Waals surface area contributed by atoms with E-state index in [0.29, 0.717) is 23.8 Å². The van der Waals surface area contributed by atoms with Crippen LogP contribution in [0.5, 0.6) is 0 Å². The van der Waals surface area contributed by atoms with E-state index in [4.69, 9.17) is 4.74 Å². The van der Waals surface area contributed by atoms with E-state index in [1.807, 2.05) is 0 Å². The molecule has 1 fully saturated rings. The molecular formula is C24H25F5N6O5S. The van der Waals surface area contributed by atoms with Gasteiger partial charge in [-0.2, -0.15) is 22.0 Å². The van der Waals surface area contributed by atoms with E-state index in [1.165, 1.54) is 14.0 Å². The normalized spacial score (nSPS) is 14.8. The second-order valence-corrected chi connectivity index (χ2v) is 12.6. The van der Waals surface area contributed by atoms with Crippen LogP contribution in [-0.4, -0.2) is 62.7 Å². The Bertz CT molecular complexity index is 1640. The molecule has 11 nitrogen and oxygen atoms in total. The van der Waals surface area contributed by atoms with Crippen molar-refractivity contribution in [2.75, 3.05) is 10.7 Å². The molecule has 3 aromatic rings. The number of imidazole rings is 1. The molecular weight excluding hydrogens is 579 g/mol. The van der Waals surface area contributed by atoms with Crippen LogP contribution < -0.4 is 4.90 Å². The van der Waals surface area contributed by atoms with Crippen molar-refractivity contribution < 1.29 is 44.7 Å². The Balaban J connectivity index is 1.89. The maximum Gasteiger partial charge on any atom is 0.459 e. The average molecular weight is 605 g/mol. The molecule has 4 rings (SSSR count). The third-order valence-electron chi connectivity index (χ3n) is 6.04. The standard InChI is InChI=1S/C24H25F5N6O5S/c1-6-41(38,39)15-9-13(35(20(36)12-7-8-12)21(37)40-22(2,3)4)11-30-17(15)19-31-14-10-16(23(25,26)24(27,28)29)32-33-18(14)34(19)5/h9-12H,6-8H2,1-5H3. The van der Waals surface area contributed by atoms with Crippen LogP contribution in [0.4, 0.5) is 32.4 Å². The molecule has 3 aromatic heterocycles. The zero-order valence-corrected chi connectivity index (χ0v) is 23.3. The summed E-state index contributed by atoms with van der Waals surface area (Å²) in [6.07, 6.45) is -4.88. The summed E-state index contributed by atoms with van der Waals surface area (Å²) in [6.45, 7) is 6.09. The Hall–Kier alpha value is -3.76. The number of alkyl halides is 5. The van der Waals surface area contributed by atoms with Gasteiger partial charge in [0.2, 0.25) is 5.91 Å². The number of halogens is 5. The van der Waals surface area contributed by atoms with Gasteiger partial charge in [0, 0.05) is 13.0 Å². The van der Waals surface area contributed by atoms with Gasteiger partial charge in [0.15, 0.2) is 21.3 Å². The van der Waals surface area contributed by atoms with Crippen molar-refractivity contribution >= 4 is 38.7 Å². The molecule has 3 heterocycles. The number of aromatic nitrogens is 5. The Morgan fingerprint density at radius 2 is 1.73 bits per heavy atom. The molecule has 17 heteroatoms. The number of ether oxygens (including phenoxy) is 1. The zero-order valence-electron chi connectivity index (χ0n) is 22.5. The largest absolute Gasteiger partial charge is 0.459 e. The minimum Gasteiger partial charge on any atom is -0.443 e. The smallest absolute Gasteiger partial charge is 0.443 e. The lowest BCUT2D eigenvalue weighted by Crippen LogP contribution is -2.42. The molecule has 222 valence electrons. The first kappa shape index (κ1) is 30.2. The molecule has 1 aliphatic carbocycles. The first-order valence-electron chi connectivity index (χ1n) is 12.2. The van der Waals surface area contributed by atoms with Gasteiger partial charge in [0.1, 0.15) is 22.5 Å². The average Bonchev–Trinajstić information content (AvgIpc) is 3.66. The second kappa shape index (κ2) is 9.95. The van der Waals surface area contributed by atoms with Gasteiger partial charge in [0.25, 0.3) is 0 Å². The van der Waals surface area contributed by atoms with Crippen molar-refractivity contribution in [3.05, 3.63) is 24.0 Å². The molecule has 0 bridgehead atoms. The zero-order chi connectivity index (χ0) is 30.7. The van der Waals surface area contributed by atoms with Crippen molar-refractivity contribution in [2.45, 2.75) is 63.1 Å². The number of carbonyl (C=O) groups is 2. The van der Waals surface area contributed by atoms with Gasteiger partial charge in [-0.15, -0.1) is 10.2 Å². The molecule has 0 N–H and O–H groups in total. The monoisotopic (exact) mass is 604 g/mol. The van der Waals surface area contributed by atoms with Crippen LogP contribution in [0.2, 0.25) is 0 Å². The molecule has 1 aliphatic rings. The Labute approximate surface area is 230 Å². The number of aryl methyl sites for hydroxylation is 1. The number of amides is 2. The number of anilines is 1. The van der Waals surface area contributed by atoms with Crippen molar-refractivity contribution in [3.8, 4) is 11.5 Å². The van der Waals surface area contributed by atoms with Gasteiger partial charge >= 0.3 is 18.2 Å². The lowest BCUT2D eigenvalue weighted by molar-refractivity contribution is -0.291. The molecule has 0 radical (unpaired) electrons. The highest BCUT2D eigenvalue weighted by atomic mass is 32.2. The van der Waals surface area contributed by atoms with Crippen LogP contribution in [0.25, 0.3) is 22.7 Å². The summed E-state index contributed by atoms with van der Waals surface area (Å²) in [4.78, 5) is 34.5. The highest BCUT2D eigenvalue weighted by molar-refractivity contribution is 7.91. The highest BCUT2D eigenvalue weighted by Gasteiger charge is 2.60. The lowest BCUT2D eigenvalue weighted by atomic mass is 10.2. The highest BCUT2D eigenvalue weighted by Crippen LogP contribution is 2.43. The van der Waals surface area contributed by atoms with Crippen LogP contribution in [0.15, 0.2) is 23.2 Å². The summed E-state index contributed by atoms with van der Waals surface area (Å²) in [5, 5.41) is 6.46. The molecule has 0 saturated heterocycles. The first-order chi connectivity index (χ1) is 18.8. The minimum absolute atomic E-state index is 0.197. The number of sulfone groups is 1. The van der Waals surface area contributed by atoms with Crippen LogP contribution in [0.1, 0.15) is 46.2 Å². The topological polar surface area (TPSA) is 137 Å². The Morgan fingerprint density at radius 3 is 2.27 bits per heavy atom. The van der Waals surface area contributed by atoms with Gasteiger partial charge in [-0.1, -0.05) is 6.92 Å². The van der Waals surface area contributed by atoms with E-state index in [9.17, 15) is 40.0 Å². The molecule has 0 unspecified atom stereocenters. The number of imide groups is 1. The summed E-state index contributed by atoms with van der Waals surface area (Å²) in [5.41, 5.74) is -3.85. The number of hydrogen-bond acceptors (Lipinski definition) is 9. The maximum atomic E-state index is 13.9. The van der Waals surface area contributed by atoms with Crippen molar-refractivity contribution in [3.63, 3.8) is 0 Å². The lowest BCUT2D eigenvalue weighted by Gasteiger charge is -2.26. The second-order valence-electron chi connectivity index (χ2n) is 10.4. The Morgan fingerprint density at radius 1 is 1.10 bits per heavy atom. The summed E-state index contributed by atoms with van der Waals surface area (Å²) in [5.74, 6) is -7.08. The van der Waals surface area contributed by atoms with Gasteiger partial charge in [0.05, 0.1) is 22.5 Å². The van der Waals surface area contributed by atoms with Gasteiger partial charge in [-0.05, 0) is 45.7 Å². The molecule has 0 aromatic carbocycles. The molecule has 41 heavy (non-hydrogen) atoms.